The van der Waals surface area contributed by atoms with Crippen LogP contribution in [0.3, 0.4) is 0 Å². The van der Waals surface area contributed by atoms with E-state index in [2.05, 4.69) is 56.9 Å². The van der Waals surface area contributed by atoms with Crippen molar-refractivity contribution in [1.82, 2.24) is 14.1 Å². The van der Waals surface area contributed by atoms with Crippen LogP contribution < -0.4 is 10.6 Å². The number of hydrogen-bond acceptors (Lipinski definition) is 3. The first kappa shape index (κ1) is 17.8. The van der Waals surface area contributed by atoms with E-state index in [4.69, 9.17) is 4.98 Å². The lowest BCUT2D eigenvalue weighted by Gasteiger charge is -2.30. The van der Waals surface area contributed by atoms with E-state index < -0.39 is 0 Å². The average Bonchev–Trinajstić information content (AvgIpc) is 2.84. The molecule has 0 amide bonds. The number of imidazole rings is 1. The number of benzene rings is 1. The lowest BCUT2D eigenvalue weighted by atomic mass is 9.97. The highest BCUT2D eigenvalue weighted by molar-refractivity contribution is 5.76. The fraction of sp³-hybridized carbons (Fsp3) is 0.455. The highest BCUT2D eigenvalue weighted by Gasteiger charge is 2.22. The van der Waals surface area contributed by atoms with Crippen molar-refractivity contribution in [2.24, 2.45) is 12.5 Å². The van der Waals surface area contributed by atoms with Gasteiger partial charge in [-0.15, -0.1) is 0 Å². The van der Waals surface area contributed by atoms with Crippen molar-refractivity contribution in [3.63, 3.8) is 0 Å². The zero-order chi connectivity index (χ0) is 19.3. The number of fused-ring (bicyclic) bond motifs is 2. The van der Waals surface area contributed by atoms with Crippen molar-refractivity contribution < 1.29 is 0 Å². The van der Waals surface area contributed by atoms with E-state index in [1.807, 2.05) is 17.7 Å². The topological polar surface area (TPSA) is 43.1 Å². The molecule has 0 saturated heterocycles. The Balaban J connectivity index is 1.82. The summed E-state index contributed by atoms with van der Waals surface area (Å²) in [5, 5.41) is 0. The molecule has 0 aliphatic carbocycles. The number of aromatic nitrogens is 3. The van der Waals surface area contributed by atoms with Crippen LogP contribution in [0.25, 0.3) is 11.2 Å². The molecular weight excluding hydrogens is 336 g/mol. The second kappa shape index (κ2) is 6.25. The minimum Gasteiger partial charge on any atom is -0.326 e. The maximum atomic E-state index is 12.8. The molecule has 3 heterocycles. The number of hydrogen-bond donors (Lipinski definition) is 0. The van der Waals surface area contributed by atoms with Gasteiger partial charge in [-0.2, -0.15) is 0 Å². The Labute approximate surface area is 160 Å². The molecule has 0 fully saturated rings. The predicted molar refractivity (Wildman–Crippen MR) is 111 cm³/mol. The fourth-order valence-electron chi connectivity index (χ4n) is 4.00. The molecule has 5 nitrogen and oxygen atoms in total. The average molecular weight is 364 g/mol. The second-order valence-corrected chi connectivity index (χ2v) is 8.89. The summed E-state index contributed by atoms with van der Waals surface area (Å²) < 4.78 is 3.52. The highest BCUT2D eigenvalue weighted by Crippen LogP contribution is 2.33. The molecule has 5 heteroatoms. The smallest absolute Gasteiger partial charge is 0.326 e. The third kappa shape index (κ3) is 3.15. The van der Waals surface area contributed by atoms with E-state index in [-0.39, 0.29) is 11.1 Å². The third-order valence-corrected chi connectivity index (χ3v) is 5.23. The molecule has 0 bridgehead atoms. The Morgan fingerprint density at radius 1 is 1.15 bits per heavy atom. The molecule has 0 radical (unpaired) electrons. The highest BCUT2D eigenvalue weighted by atomic mass is 16.1. The fourth-order valence-corrected chi connectivity index (χ4v) is 4.00. The molecule has 142 valence electrons. The minimum atomic E-state index is -0.000700. The largest absolute Gasteiger partial charge is 0.330 e. The molecule has 0 N–H and O–H groups in total. The summed E-state index contributed by atoms with van der Waals surface area (Å²) in [4.78, 5) is 19.9. The van der Waals surface area contributed by atoms with Crippen molar-refractivity contribution >= 4 is 22.7 Å². The summed E-state index contributed by atoms with van der Waals surface area (Å²) >= 11 is 0. The quantitative estimate of drug-likeness (QED) is 0.685. The van der Waals surface area contributed by atoms with Gasteiger partial charge < -0.3 is 4.90 Å². The SMILES string of the molecule is Cc1ccc2c(c1)CCCN2c1ccc2c(n1)n(C)c(=O)n2CC(C)(C)C. The number of aryl methyl sites for hydroxylation is 3. The van der Waals surface area contributed by atoms with E-state index >= 15 is 0 Å². The molecule has 1 aliphatic heterocycles. The van der Waals surface area contributed by atoms with Crippen molar-refractivity contribution in [2.75, 3.05) is 11.4 Å². The van der Waals surface area contributed by atoms with Crippen LogP contribution >= 0.6 is 0 Å². The van der Waals surface area contributed by atoms with Crippen molar-refractivity contribution in [1.29, 1.82) is 0 Å². The van der Waals surface area contributed by atoms with Crippen molar-refractivity contribution in [2.45, 2.75) is 47.1 Å². The molecule has 0 unspecified atom stereocenters. The minimum absolute atomic E-state index is 0.000700. The molecule has 1 aliphatic rings. The van der Waals surface area contributed by atoms with Crippen LogP contribution in [-0.2, 0) is 20.0 Å². The molecule has 2 aromatic heterocycles. The Morgan fingerprint density at radius 2 is 1.93 bits per heavy atom. The van der Waals surface area contributed by atoms with Crippen molar-refractivity contribution in [3.8, 4) is 0 Å². The van der Waals surface area contributed by atoms with E-state index in [0.29, 0.717) is 6.54 Å². The molecule has 27 heavy (non-hydrogen) atoms. The number of rotatable bonds is 2. The summed E-state index contributed by atoms with van der Waals surface area (Å²) in [5.41, 5.74) is 5.59. The van der Waals surface area contributed by atoms with Crippen LogP contribution in [0, 0.1) is 12.3 Å². The first-order valence-electron chi connectivity index (χ1n) is 9.68. The molecule has 0 atom stereocenters. The van der Waals surface area contributed by atoms with Gasteiger partial charge in [0.1, 0.15) is 5.82 Å². The van der Waals surface area contributed by atoms with Gasteiger partial charge in [0.05, 0.1) is 5.52 Å². The van der Waals surface area contributed by atoms with Gasteiger partial charge in [-0.1, -0.05) is 38.5 Å². The van der Waals surface area contributed by atoms with E-state index in [1.165, 1.54) is 16.8 Å². The van der Waals surface area contributed by atoms with Gasteiger partial charge in [0.2, 0.25) is 0 Å². The van der Waals surface area contributed by atoms with Gasteiger partial charge in [0.25, 0.3) is 0 Å². The van der Waals surface area contributed by atoms with Gasteiger partial charge in [0.15, 0.2) is 5.65 Å². The third-order valence-electron chi connectivity index (χ3n) is 5.23. The van der Waals surface area contributed by atoms with Crippen molar-refractivity contribution in [3.05, 3.63) is 51.9 Å². The first-order chi connectivity index (χ1) is 12.7. The first-order valence-corrected chi connectivity index (χ1v) is 9.68. The lowest BCUT2D eigenvalue weighted by molar-refractivity contribution is 0.342. The molecule has 0 saturated carbocycles. The van der Waals surface area contributed by atoms with Crippen LogP contribution in [0.1, 0.15) is 38.3 Å². The van der Waals surface area contributed by atoms with E-state index in [0.717, 1.165) is 36.4 Å². The van der Waals surface area contributed by atoms with Crippen LogP contribution in [-0.4, -0.2) is 20.7 Å². The normalized spacial score (nSPS) is 14.6. The van der Waals surface area contributed by atoms with Crippen LogP contribution in [0.15, 0.2) is 35.1 Å². The number of pyridine rings is 1. The van der Waals surface area contributed by atoms with Crippen LogP contribution in [0.5, 0.6) is 0 Å². The molecule has 4 rings (SSSR count). The molecule has 3 aromatic rings. The molecule has 1 aromatic carbocycles. The van der Waals surface area contributed by atoms with Crippen LogP contribution in [0.2, 0.25) is 0 Å². The Bertz CT molecular complexity index is 1070. The van der Waals surface area contributed by atoms with Gasteiger partial charge in [-0.3, -0.25) is 9.13 Å². The Morgan fingerprint density at radius 3 is 2.67 bits per heavy atom. The van der Waals surface area contributed by atoms with Crippen LogP contribution in [0.4, 0.5) is 11.5 Å². The summed E-state index contributed by atoms with van der Waals surface area (Å²) in [6, 6.07) is 10.7. The summed E-state index contributed by atoms with van der Waals surface area (Å²) in [5.74, 6) is 0.913. The second-order valence-electron chi connectivity index (χ2n) is 8.89. The predicted octanol–water partition coefficient (Wildman–Crippen LogP) is 4.17. The Kier molecular flexibility index (Phi) is 4.13. The Hall–Kier alpha value is -2.56. The number of anilines is 2. The maximum Gasteiger partial charge on any atom is 0.330 e. The van der Waals surface area contributed by atoms with E-state index in [9.17, 15) is 4.79 Å². The standard InChI is InChI=1S/C22H28N4O/c1-15-8-9-17-16(13-15)7-6-12-25(17)19-11-10-18-20(23-19)24(5)21(27)26(18)14-22(2,3)4/h8-11,13H,6-7,12,14H2,1-5H3. The summed E-state index contributed by atoms with van der Waals surface area (Å²) in [6.07, 6.45) is 2.22. The van der Waals surface area contributed by atoms with Gasteiger partial charge >= 0.3 is 5.69 Å². The molecule has 0 spiro atoms. The zero-order valence-corrected chi connectivity index (χ0v) is 16.9. The number of nitrogens with zero attached hydrogens (tertiary/aromatic N) is 4. The summed E-state index contributed by atoms with van der Waals surface area (Å²) in [7, 11) is 1.81. The van der Waals surface area contributed by atoms with Gasteiger partial charge in [-0.05, 0) is 48.9 Å². The molecular formula is C22H28N4O. The lowest BCUT2D eigenvalue weighted by Crippen LogP contribution is -2.27. The summed E-state index contributed by atoms with van der Waals surface area (Å²) in [6.45, 7) is 10.2. The van der Waals surface area contributed by atoms with Gasteiger partial charge in [-0.25, -0.2) is 9.78 Å². The van der Waals surface area contributed by atoms with Gasteiger partial charge in [0, 0.05) is 25.8 Å². The van der Waals surface area contributed by atoms with E-state index in [1.54, 1.807) is 4.57 Å². The maximum absolute atomic E-state index is 12.8. The zero-order valence-electron chi connectivity index (χ0n) is 16.9. The monoisotopic (exact) mass is 364 g/mol.